The average molecular weight is 495 g/mol. The first-order valence-corrected chi connectivity index (χ1v) is 12.0. The van der Waals surface area contributed by atoms with Crippen LogP contribution in [0.2, 0.25) is 0 Å². The molecule has 2 heterocycles. The van der Waals surface area contributed by atoms with Crippen LogP contribution < -0.4 is 5.56 Å². The Morgan fingerprint density at radius 1 is 1.27 bits per heavy atom. The summed E-state index contributed by atoms with van der Waals surface area (Å²) in [5.41, 5.74) is 0.620. The monoisotopic (exact) mass is 494 g/mol. The van der Waals surface area contributed by atoms with Crippen LogP contribution in [0.4, 0.5) is 0 Å². The molecule has 0 spiro atoms. The van der Waals surface area contributed by atoms with Gasteiger partial charge in [-0.1, -0.05) is 46.2 Å². The van der Waals surface area contributed by atoms with E-state index < -0.39 is 0 Å². The summed E-state index contributed by atoms with van der Waals surface area (Å²) in [7, 11) is 0. The SMILES string of the molecule is CCCCc1noc(C(C)Sc2nc3ccc(Br)cc3c(=O)n2CCCOCC)n1. The zero-order valence-electron chi connectivity index (χ0n) is 17.6. The molecule has 9 heteroatoms. The molecule has 1 atom stereocenters. The number of aryl methyl sites for hydroxylation is 1. The number of unbranched alkanes of at least 4 members (excludes halogenated alkanes) is 1. The van der Waals surface area contributed by atoms with Crippen LogP contribution in [-0.2, 0) is 17.7 Å². The number of halogens is 1. The van der Waals surface area contributed by atoms with Crippen molar-refractivity contribution in [2.45, 2.75) is 63.4 Å². The molecule has 3 rings (SSSR count). The summed E-state index contributed by atoms with van der Waals surface area (Å²) in [5, 5.41) is 5.20. The molecule has 0 radical (unpaired) electrons. The Kier molecular flexibility index (Phi) is 8.47. The minimum absolute atomic E-state index is 0.0540. The minimum Gasteiger partial charge on any atom is -0.382 e. The third kappa shape index (κ3) is 5.70. The van der Waals surface area contributed by atoms with E-state index in [0.29, 0.717) is 41.7 Å². The van der Waals surface area contributed by atoms with Crippen LogP contribution in [0.5, 0.6) is 0 Å². The summed E-state index contributed by atoms with van der Waals surface area (Å²) < 4.78 is 13.5. The van der Waals surface area contributed by atoms with Gasteiger partial charge >= 0.3 is 0 Å². The second-order valence-electron chi connectivity index (χ2n) is 6.98. The van der Waals surface area contributed by atoms with Crippen molar-refractivity contribution >= 4 is 38.6 Å². The average Bonchev–Trinajstić information content (AvgIpc) is 3.21. The van der Waals surface area contributed by atoms with Gasteiger partial charge in [0.2, 0.25) is 5.89 Å². The number of ether oxygens (including phenoxy) is 1. The van der Waals surface area contributed by atoms with Crippen LogP contribution in [0.15, 0.2) is 37.1 Å². The van der Waals surface area contributed by atoms with E-state index in [-0.39, 0.29) is 10.8 Å². The van der Waals surface area contributed by atoms with E-state index in [9.17, 15) is 4.79 Å². The molecular weight excluding hydrogens is 468 g/mol. The Morgan fingerprint density at radius 2 is 2.10 bits per heavy atom. The lowest BCUT2D eigenvalue weighted by atomic mass is 10.2. The molecule has 2 aromatic heterocycles. The number of aromatic nitrogens is 4. The lowest BCUT2D eigenvalue weighted by Gasteiger charge is -2.15. The molecule has 0 aliphatic rings. The Bertz CT molecular complexity index is 1040. The Labute approximate surface area is 188 Å². The number of hydrogen-bond acceptors (Lipinski definition) is 7. The maximum Gasteiger partial charge on any atom is 0.262 e. The van der Waals surface area contributed by atoms with Crippen molar-refractivity contribution in [1.29, 1.82) is 0 Å². The number of rotatable bonds is 11. The summed E-state index contributed by atoms with van der Waals surface area (Å²) in [6.07, 6.45) is 3.65. The first-order valence-electron chi connectivity index (χ1n) is 10.3. The molecular formula is C21H27BrN4O3S. The molecule has 7 nitrogen and oxygen atoms in total. The van der Waals surface area contributed by atoms with Crippen molar-refractivity contribution in [1.82, 2.24) is 19.7 Å². The van der Waals surface area contributed by atoms with Crippen LogP contribution in [0.3, 0.4) is 0 Å². The quantitative estimate of drug-likeness (QED) is 0.206. The van der Waals surface area contributed by atoms with Gasteiger partial charge in [0, 0.05) is 30.7 Å². The highest BCUT2D eigenvalue weighted by Gasteiger charge is 2.20. The van der Waals surface area contributed by atoms with Gasteiger partial charge in [0.15, 0.2) is 11.0 Å². The van der Waals surface area contributed by atoms with Crippen molar-refractivity contribution in [3.63, 3.8) is 0 Å². The van der Waals surface area contributed by atoms with E-state index in [1.807, 2.05) is 32.0 Å². The first kappa shape index (κ1) is 23.0. The number of nitrogens with zero attached hydrogens (tertiary/aromatic N) is 4. The predicted octanol–water partition coefficient (Wildman–Crippen LogP) is 5.16. The molecule has 0 saturated heterocycles. The van der Waals surface area contributed by atoms with Crippen molar-refractivity contribution in [2.24, 2.45) is 0 Å². The summed E-state index contributed by atoms with van der Waals surface area (Å²) >= 11 is 4.91. The van der Waals surface area contributed by atoms with Crippen LogP contribution in [0.1, 0.15) is 57.0 Å². The zero-order valence-corrected chi connectivity index (χ0v) is 20.0. The highest BCUT2D eigenvalue weighted by molar-refractivity contribution is 9.10. The van der Waals surface area contributed by atoms with E-state index in [4.69, 9.17) is 14.2 Å². The molecule has 0 aliphatic carbocycles. The van der Waals surface area contributed by atoms with Crippen molar-refractivity contribution in [3.8, 4) is 0 Å². The normalized spacial score (nSPS) is 12.5. The molecule has 30 heavy (non-hydrogen) atoms. The zero-order chi connectivity index (χ0) is 21.5. The molecule has 0 bridgehead atoms. The summed E-state index contributed by atoms with van der Waals surface area (Å²) in [4.78, 5) is 22.5. The second kappa shape index (κ2) is 11.1. The van der Waals surface area contributed by atoms with Gasteiger partial charge in [-0.2, -0.15) is 4.98 Å². The van der Waals surface area contributed by atoms with Crippen LogP contribution in [-0.4, -0.2) is 32.9 Å². The van der Waals surface area contributed by atoms with E-state index in [2.05, 4.69) is 33.0 Å². The van der Waals surface area contributed by atoms with Gasteiger partial charge < -0.3 is 9.26 Å². The largest absolute Gasteiger partial charge is 0.382 e. The van der Waals surface area contributed by atoms with Gasteiger partial charge in [0.1, 0.15) is 0 Å². The Morgan fingerprint density at radius 3 is 2.87 bits per heavy atom. The third-order valence-electron chi connectivity index (χ3n) is 4.62. The molecule has 0 fully saturated rings. The third-order valence-corrected chi connectivity index (χ3v) is 6.19. The summed E-state index contributed by atoms with van der Waals surface area (Å²) in [6.45, 7) is 7.88. The molecule has 1 unspecified atom stereocenters. The van der Waals surface area contributed by atoms with Crippen LogP contribution >= 0.6 is 27.7 Å². The molecule has 1 aromatic carbocycles. The maximum absolute atomic E-state index is 13.2. The lowest BCUT2D eigenvalue weighted by molar-refractivity contribution is 0.140. The minimum atomic E-state index is -0.120. The molecule has 3 aromatic rings. The highest BCUT2D eigenvalue weighted by atomic mass is 79.9. The van der Waals surface area contributed by atoms with E-state index in [1.165, 1.54) is 11.8 Å². The fourth-order valence-corrected chi connectivity index (χ4v) is 4.33. The van der Waals surface area contributed by atoms with Gasteiger partial charge in [-0.3, -0.25) is 9.36 Å². The van der Waals surface area contributed by atoms with Gasteiger partial charge in [-0.05, 0) is 44.9 Å². The second-order valence-corrected chi connectivity index (χ2v) is 9.20. The van der Waals surface area contributed by atoms with Crippen LogP contribution in [0.25, 0.3) is 10.9 Å². The number of fused-ring (bicyclic) bond motifs is 1. The predicted molar refractivity (Wildman–Crippen MR) is 122 cm³/mol. The molecule has 0 N–H and O–H groups in total. The molecule has 0 saturated carbocycles. The van der Waals surface area contributed by atoms with Crippen molar-refractivity contribution in [3.05, 3.63) is 44.7 Å². The fraction of sp³-hybridized carbons (Fsp3) is 0.524. The standard InChI is InChI=1S/C21H27BrN4O3S/c1-4-6-8-18-24-19(29-25-18)14(3)30-21-23-17-10-9-15(22)13-16(17)20(27)26(21)11-7-12-28-5-2/h9-10,13-14H,4-8,11-12H2,1-3H3. The Hall–Kier alpha value is -1.71. The summed E-state index contributed by atoms with van der Waals surface area (Å²) in [5.74, 6) is 1.28. The number of hydrogen-bond donors (Lipinski definition) is 0. The van der Waals surface area contributed by atoms with Crippen molar-refractivity contribution in [2.75, 3.05) is 13.2 Å². The maximum atomic E-state index is 13.2. The molecule has 0 aliphatic heterocycles. The van der Waals surface area contributed by atoms with Gasteiger partial charge in [0.25, 0.3) is 5.56 Å². The summed E-state index contributed by atoms with van der Waals surface area (Å²) in [6, 6.07) is 5.57. The smallest absolute Gasteiger partial charge is 0.262 e. The van der Waals surface area contributed by atoms with Crippen LogP contribution in [0, 0.1) is 0 Å². The van der Waals surface area contributed by atoms with E-state index in [0.717, 1.165) is 36.0 Å². The highest BCUT2D eigenvalue weighted by Crippen LogP contribution is 2.33. The Balaban J connectivity index is 1.89. The topological polar surface area (TPSA) is 83.0 Å². The fourth-order valence-electron chi connectivity index (χ4n) is 3.01. The van der Waals surface area contributed by atoms with Gasteiger partial charge in [-0.25, -0.2) is 4.98 Å². The lowest BCUT2D eigenvalue weighted by Crippen LogP contribution is -2.24. The molecule has 162 valence electrons. The number of thioether (sulfide) groups is 1. The van der Waals surface area contributed by atoms with E-state index >= 15 is 0 Å². The molecule has 0 amide bonds. The van der Waals surface area contributed by atoms with Gasteiger partial charge in [-0.15, -0.1) is 0 Å². The van der Waals surface area contributed by atoms with E-state index in [1.54, 1.807) is 4.57 Å². The van der Waals surface area contributed by atoms with Crippen molar-refractivity contribution < 1.29 is 9.26 Å². The first-order chi connectivity index (χ1) is 14.5. The van der Waals surface area contributed by atoms with Gasteiger partial charge in [0.05, 0.1) is 16.2 Å². The number of benzene rings is 1.